The number of nitrogens with one attached hydrogen (secondary N) is 1. The fourth-order valence-electron chi connectivity index (χ4n) is 4.33. The molecule has 1 saturated carbocycles. The molecule has 1 aliphatic heterocycles. The number of nitrogen functional groups attached to an aromatic ring is 1. The molecule has 4 N–H and O–H groups in total. The predicted octanol–water partition coefficient (Wildman–Crippen LogP) is 2.53. The molecule has 3 aromatic rings. The highest BCUT2D eigenvalue weighted by atomic mass is 16.3. The molecule has 0 spiro atoms. The van der Waals surface area contributed by atoms with Crippen LogP contribution in [0.3, 0.4) is 0 Å². The van der Waals surface area contributed by atoms with Crippen LogP contribution in [0.2, 0.25) is 0 Å². The van der Waals surface area contributed by atoms with Crippen molar-refractivity contribution >= 4 is 28.4 Å². The third kappa shape index (κ3) is 3.45. The van der Waals surface area contributed by atoms with Crippen LogP contribution < -0.4 is 5.73 Å². The molecule has 0 atom stereocenters. The summed E-state index contributed by atoms with van der Waals surface area (Å²) in [5, 5.41) is 12.1. The van der Waals surface area contributed by atoms with Crippen LogP contribution in [0.15, 0.2) is 42.5 Å². The van der Waals surface area contributed by atoms with E-state index in [-0.39, 0.29) is 11.8 Å². The lowest BCUT2D eigenvalue weighted by Crippen LogP contribution is -2.53. The second kappa shape index (κ2) is 7.13. The van der Waals surface area contributed by atoms with Gasteiger partial charge in [0.05, 0.1) is 0 Å². The van der Waals surface area contributed by atoms with Crippen LogP contribution in [0, 0.1) is 6.92 Å². The molecule has 7 heteroatoms. The number of rotatable bonds is 3. The number of aliphatic hydroxyl groups is 1. The Labute approximate surface area is 180 Å². The Morgan fingerprint density at radius 2 is 1.55 bits per heavy atom. The number of anilines is 1. The zero-order valence-electron chi connectivity index (χ0n) is 17.5. The molecule has 5 rings (SSSR count). The van der Waals surface area contributed by atoms with Gasteiger partial charge in [-0.2, -0.15) is 0 Å². The summed E-state index contributed by atoms with van der Waals surface area (Å²) in [6.07, 6.45) is 1.09. The van der Waals surface area contributed by atoms with Crippen molar-refractivity contribution < 1.29 is 14.7 Å². The van der Waals surface area contributed by atoms with Gasteiger partial charge in [0.25, 0.3) is 11.8 Å². The minimum atomic E-state index is -1.14. The molecule has 1 aromatic heterocycles. The summed E-state index contributed by atoms with van der Waals surface area (Å²) in [7, 11) is 0. The number of benzene rings is 2. The van der Waals surface area contributed by atoms with Crippen LogP contribution in [0.1, 0.15) is 28.9 Å². The number of hydrogen-bond acceptors (Lipinski definition) is 4. The Kier molecular flexibility index (Phi) is 4.51. The van der Waals surface area contributed by atoms with E-state index in [4.69, 9.17) is 5.73 Å². The van der Waals surface area contributed by atoms with E-state index in [0.717, 1.165) is 27.6 Å². The van der Waals surface area contributed by atoms with Crippen LogP contribution in [0.5, 0.6) is 0 Å². The Bertz CT molecular complexity index is 1170. The van der Waals surface area contributed by atoms with Crippen LogP contribution in [0.4, 0.5) is 5.82 Å². The number of carbonyl (C=O) groups excluding carboxylic acids is 2. The lowest BCUT2D eigenvalue weighted by molar-refractivity contribution is -0.143. The van der Waals surface area contributed by atoms with Crippen LogP contribution in [0.25, 0.3) is 21.9 Å². The molecule has 7 nitrogen and oxygen atoms in total. The number of aryl methyl sites for hydroxylation is 1. The first-order valence-electron chi connectivity index (χ1n) is 10.6. The van der Waals surface area contributed by atoms with Crippen molar-refractivity contribution in [3.63, 3.8) is 0 Å². The molecule has 0 bridgehead atoms. The first-order chi connectivity index (χ1) is 14.9. The monoisotopic (exact) mass is 418 g/mol. The van der Waals surface area contributed by atoms with E-state index in [2.05, 4.69) is 11.1 Å². The number of aromatic nitrogens is 1. The number of carbonyl (C=O) groups is 2. The minimum absolute atomic E-state index is 0.0338. The summed E-state index contributed by atoms with van der Waals surface area (Å²) in [4.78, 5) is 31.8. The molecule has 2 fully saturated rings. The highest BCUT2D eigenvalue weighted by Gasteiger charge is 2.50. The van der Waals surface area contributed by atoms with Gasteiger partial charge < -0.3 is 25.6 Å². The summed E-state index contributed by atoms with van der Waals surface area (Å²) >= 11 is 0. The molecule has 2 amide bonds. The Balaban J connectivity index is 1.27. The van der Waals surface area contributed by atoms with Crippen molar-refractivity contribution in [2.24, 2.45) is 0 Å². The third-order valence-electron chi connectivity index (χ3n) is 6.48. The highest BCUT2D eigenvalue weighted by molar-refractivity contribution is 5.98. The summed E-state index contributed by atoms with van der Waals surface area (Å²) in [5.41, 5.74) is 8.63. The second-order valence-electron chi connectivity index (χ2n) is 8.62. The quantitative estimate of drug-likeness (QED) is 0.608. The Hall–Kier alpha value is -3.32. The van der Waals surface area contributed by atoms with Crippen molar-refractivity contribution in [1.29, 1.82) is 0 Å². The zero-order chi connectivity index (χ0) is 21.8. The standard InChI is InChI=1S/C24H26N4O3/c1-15-20-14-18(6-7-19(20)21(25)26-15)16-2-4-17(5-3-16)22(29)27-10-12-28(13-11-27)23(30)24(31)8-9-24/h2-7,14,26,31H,8-13,25H2,1H3. The van der Waals surface area contributed by atoms with E-state index < -0.39 is 5.60 Å². The van der Waals surface area contributed by atoms with Crippen molar-refractivity contribution in [3.8, 4) is 11.1 Å². The zero-order valence-corrected chi connectivity index (χ0v) is 17.5. The van der Waals surface area contributed by atoms with E-state index >= 15 is 0 Å². The fourth-order valence-corrected chi connectivity index (χ4v) is 4.33. The smallest absolute Gasteiger partial charge is 0.254 e. The number of piperazine rings is 1. The first kappa shape index (κ1) is 19.6. The molecule has 0 radical (unpaired) electrons. The average Bonchev–Trinajstić information content (AvgIpc) is 3.49. The molecule has 2 aromatic carbocycles. The molecule has 1 saturated heterocycles. The van der Waals surface area contributed by atoms with Crippen LogP contribution >= 0.6 is 0 Å². The van der Waals surface area contributed by atoms with Gasteiger partial charge in [-0.15, -0.1) is 0 Å². The third-order valence-corrected chi connectivity index (χ3v) is 6.48. The van der Waals surface area contributed by atoms with Crippen molar-refractivity contribution in [3.05, 3.63) is 53.7 Å². The number of nitrogens with zero attached hydrogens (tertiary/aromatic N) is 2. The topological polar surface area (TPSA) is 103 Å². The van der Waals surface area contributed by atoms with Crippen LogP contribution in [-0.4, -0.2) is 63.5 Å². The molecular formula is C24H26N4O3. The summed E-state index contributed by atoms with van der Waals surface area (Å²) in [5.74, 6) is 0.446. The van der Waals surface area contributed by atoms with Gasteiger partial charge in [-0.1, -0.05) is 24.3 Å². The van der Waals surface area contributed by atoms with Crippen molar-refractivity contribution in [2.45, 2.75) is 25.4 Å². The van der Waals surface area contributed by atoms with E-state index in [0.29, 0.717) is 50.4 Å². The summed E-state index contributed by atoms with van der Waals surface area (Å²) < 4.78 is 0. The summed E-state index contributed by atoms with van der Waals surface area (Å²) in [6.45, 7) is 3.89. The number of hydrogen-bond donors (Lipinski definition) is 3. The van der Waals surface area contributed by atoms with Gasteiger partial charge in [0.15, 0.2) is 0 Å². The lowest BCUT2D eigenvalue weighted by Gasteiger charge is -2.35. The van der Waals surface area contributed by atoms with Gasteiger partial charge in [-0.05, 0) is 49.1 Å². The maximum absolute atomic E-state index is 12.9. The highest BCUT2D eigenvalue weighted by Crippen LogP contribution is 2.37. The number of amides is 2. The average molecular weight is 418 g/mol. The summed E-state index contributed by atoms with van der Waals surface area (Å²) in [6, 6.07) is 13.8. The maximum Gasteiger partial charge on any atom is 0.254 e. The largest absolute Gasteiger partial charge is 0.385 e. The van der Waals surface area contributed by atoms with E-state index in [1.807, 2.05) is 43.3 Å². The van der Waals surface area contributed by atoms with Gasteiger partial charge in [0.2, 0.25) is 0 Å². The predicted molar refractivity (Wildman–Crippen MR) is 120 cm³/mol. The lowest BCUT2D eigenvalue weighted by atomic mass is 10.0. The van der Waals surface area contributed by atoms with Gasteiger partial charge >= 0.3 is 0 Å². The van der Waals surface area contributed by atoms with Crippen LogP contribution in [-0.2, 0) is 4.79 Å². The molecule has 0 unspecified atom stereocenters. The molecular weight excluding hydrogens is 392 g/mol. The number of nitrogens with two attached hydrogens (primary N) is 1. The maximum atomic E-state index is 12.9. The molecule has 2 heterocycles. The normalized spacial score (nSPS) is 17.7. The SMILES string of the molecule is Cc1[nH]c(N)c2ccc(-c3ccc(C(=O)N4CCN(C(=O)C5(O)CC5)CC4)cc3)cc12. The minimum Gasteiger partial charge on any atom is -0.385 e. The second-order valence-corrected chi connectivity index (χ2v) is 8.62. The first-order valence-corrected chi connectivity index (χ1v) is 10.6. The van der Waals surface area contributed by atoms with E-state index in [9.17, 15) is 14.7 Å². The Morgan fingerprint density at radius 1 is 0.935 bits per heavy atom. The molecule has 1 aliphatic carbocycles. The van der Waals surface area contributed by atoms with Gasteiger partial charge in [-0.3, -0.25) is 9.59 Å². The molecule has 160 valence electrons. The number of H-pyrrole nitrogens is 1. The number of aromatic amines is 1. The number of fused-ring (bicyclic) bond motifs is 1. The van der Waals surface area contributed by atoms with Gasteiger partial charge in [-0.25, -0.2) is 0 Å². The van der Waals surface area contributed by atoms with Crippen molar-refractivity contribution in [2.75, 3.05) is 31.9 Å². The van der Waals surface area contributed by atoms with Crippen molar-refractivity contribution in [1.82, 2.24) is 14.8 Å². The fraction of sp³-hybridized carbons (Fsp3) is 0.333. The Morgan fingerprint density at radius 3 is 2.19 bits per heavy atom. The molecule has 31 heavy (non-hydrogen) atoms. The van der Waals surface area contributed by atoms with Gasteiger partial charge in [0.1, 0.15) is 11.4 Å². The van der Waals surface area contributed by atoms with Gasteiger partial charge in [0, 0.05) is 48.2 Å². The molecule has 2 aliphatic rings. The van der Waals surface area contributed by atoms with E-state index in [1.54, 1.807) is 9.80 Å². The van der Waals surface area contributed by atoms with E-state index in [1.165, 1.54) is 0 Å².